The fraction of sp³-hybridized carbons (Fsp3) is 0.889. The van der Waals surface area contributed by atoms with E-state index in [1.54, 1.807) is 18.9 Å². The molecule has 4 heteroatoms. The molecule has 1 N–H and O–H groups in total. The molecule has 0 aliphatic heterocycles. The molecule has 0 saturated heterocycles. The lowest BCUT2D eigenvalue weighted by Gasteiger charge is -2.20. The van der Waals surface area contributed by atoms with Crippen LogP contribution in [0.25, 0.3) is 0 Å². The second-order valence-electron chi connectivity index (χ2n) is 3.69. The largest absolute Gasteiger partial charge is 0.393 e. The minimum Gasteiger partial charge on any atom is -0.393 e. The summed E-state index contributed by atoms with van der Waals surface area (Å²) >= 11 is 0. The lowest BCUT2D eigenvalue weighted by molar-refractivity contribution is -0.130. The van der Waals surface area contributed by atoms with Gasteiger partial charge in [-0.25, -0.2) is 0 Å². The van der Waals surface area contributed by atoms with Crippen molar-refractivity contribution in [1.29, 1.82) is 0 Å². The van der Waals surface area contributed by atoms with Crippen LogP contribution < -0.4 is 0 Å². The SMILES string of the molecule is CC(O)CCN(C)C(=O)CN(C)C. The first kappa shape index (κ1) is 12.4. The number of amides is 1. The molecule has 0 aromatic carbocycles. The Morgan fingerprint density at radius 2 is 1.92 bits per heavy atom. The number of hydrogen-bond donors (Lipinski definition) is 1. The molecule has 0 rings (SSSR count). The number of hydrogen-bond acceptors (Lipinski definition) is 3. The summed E-state index contributed by atoms with van der Waals surface area (Å²) in [6.45, 7) is 2.77. The molecular weight excluding hydrogens is 168 g/mol. The lowest BCUT2D eigenvalue weighted by atomic mass is 10.3. The summed E-state index contributed by atoms with van der Waals surface area (Å²) in [5.41, 5.74) is 0. The van der Waals surface area contributed by atoms with Crippen LogP contribution in [0.3, 0.4) is 0 Å². The molecule has 13 heavy (non-hydrogen) atoms. The normalized spacial score (nSPS) is 13.1. The molecule has 1 unspecified atom stereocenters. The smallest absolute Gasteiger partial charge is 0.236 e. The molecule has 0 fully saturated rings. The van der Waals surface area contributed by atoms with Gasteiger partial charge in [0.2, 0.25) is 5.91 Å². The summed E-state index contributed by atoms with van der Waals surface area (Å²) < 4.78 is 0. The molecule has 0 aromatic rings. The van der Waals surface area contributed by atoms with E-state index in [-0.39, 0.29) is 12.0 Å². The molecule has 78 valence electrons. The number of nitrogens with zero attached hydrogens (tertiary/aromatic N) is 2. The second-order valence-corrected chi connectivity index (χ2v) is 3.69. The summed E-state index contributed by atoms with van der Waals surface area (Å²) in [6.07, 6.45) is 0.296. The van der Waals surface area contributed by atoms with Gasteiger partial charge in [0, 0.05) is 13.6 Å². The number of carbonyl (C=O) groups is 1. The van der Waals surface area contributed by atoms with E-state index in [1.807, 2.05) is 19.0 Å². The summed E-state index contributed by atoms with van der Waals surface area (Å²) in [7, 11) is 5.48. The molecular formula is C9H20N2O2. The van der Waals surface area contributed by atoms with Gasteiger partial charge in [0.25, 0.3) is 0 Å². The Labute approximate surface area is 80.1 Å². The first-order chi connectivity index (χ1) is 5.93. The van der Waals surface area contributed by atoms with E-state index in [9.17, 15) is 4.79 Å². The maximum Gasteiger partial charge on any atom is 0.236 e. The molecule has 4 nitrogen and oxygen atoms in total. The Balaban J connectivity index is 3.69. The number of carbonyl (C=O) groups excluding carboxylic acids is 1. The maximum atomic E-state index is 11.4. The first-order valence-corrected chi connectivity index (χ1v) is 4.50. The van der Waals surface area contributed by atoms with E-state index >= 15 is 0 Å². The highest BCUT2D eigenvalue weighted by Gasteiger charge is 2.09. The van der Waals surface area contributed by atoms with Crippen molar-refractivity contribution in [3.63, 3.8) is 0 Å². The minimum absolute atomic E-state index is 0.0886. The standard InChI is InChI=1S/C9H20N2O2/c1-8(12)5-6-11(4)9(13)7-10(2)3/h8,12H,5-7H2,1-4H3. The molecule has 0 bridgehead atoms. The van der Waals surface area contributed by atoms with Crippen molar-refractivity contribution in [3.05, 3.63) is 0 Å². The van der Waals surface area contributed by atoms with E-state index in [0.29, 0.717) is 19.5 Å². The van der Waals surface area contributed by atoms with Crippen LogP contribution in [-0.4, -0.2) is 61.2 Å². The number of aliphatic hydroxyl groups excluding tert-OH is 1. The molecule has 0 saturated carbocycles. The van der Waals surface area contributed by atoms with Crippen molar-refractivity contribution in [1.82, 2.24) is 9.80 Å². The van der Waals surface area contributed by atoms with Gasteiger partial charge in [0.05, 0.1) is 12.6 Å². The zero-order valence-corrected chi connectivity index (χ0v) is 8.95. The van der Waals surface area contributed by atoms with Crippen molar-refractivity contribution in [3.8, 4) is 0 Å². The molecule has 0 aliphatic carbocycles. The van der Waals surface area contributed by atoms with Crippen LogP contribution >= 0.6 is 0 Å². The predicted octanol–water partition coefficient (Wildman–Crippen LogP) is -0.223. The fourth-order valence-corrected chi connectivity index (χ4v) is 0.896. The molecule has 0 radical (unpaired) electrons. The summed E-state index contributed by atoms with van der Waals surface area (Å²) in [4.78, 5) is 14.8. The zero-order valence-electron chi connectivity index (χ0n) is 8.95. The van der Waals surface area contributed by atoms with E-state index < -0.39 is 0 Å². The van der Waals surface area contributed by atoms with Gasteiger partial charge >= 0.3 is 0 Å². The number of aliphatic hydroxyl groups is 1. The van der Waals surface area contributed by atoms with Crippen molar-refractivity contribution >= 4 is 5.91 Å². The zero-order chi connectivity index (χ0) is 10.4. The third kappa shape index (κ3) is 6.54. The number of likely N-dealkylation sites (N-methyl/N-ethyl adjacent to an activating group) is 2. The maximum absolute atomic E-state index is 11.4. The van der Waals surface area contributed by atoms with E-state index in [4.69, 9.17) is 5.11 Å². The van der Waals surface area contributed by atoms with Gasteiger partial charge in [0.1, 0.15) is 0 Å². The second kappa shape index (κ2) is 5.94. The van der Waals surface area contributed by atoms with Crippen molar-refractivity contribution in [2.45, 2.75) is 19.4 Å². The van der Waals surface area contributed by atoms with Crippen molar-refractivity contribution < 1.29 is 9.90 Å². The van der Waals surface area contributed by atoms with Crippen LogP contribution in [0.15, 0.2) is 0 Å². The topological polar surface area (TPSA) is 43.8 Å². The van der Waals surface area contributed by atoms with Gasteiger partial charge in [-0.3, -0.25) is 4.79 Å². The van der Waals surface area contributed by atoms with Gasteiger partial charge in [-0.05, 0) is 27.4 Å². The fourth-order valence-electron chi connectivity index (χ4n) is 0.896. The quantitative estimate of drug-likeness (QED) is 0.648. The molecule has 1 amide bonds. The third-order valence-electron chi connectivity index (χ3n) is 1.76. The number of rotatable bonds is 5. The first-order valence-electron chi connectivity index (χ1n) is 4.50. The van der Waals surface area contributed by atoms with Gasteiger partial charge in [0.15, 0.2) is 0 Å². The monoisotopic (exact) mass is 188 g/mol. The predicted molar refractivity (Wildman–Crippen MR) is 52.5 cm³/mol. The van der Waals surface area contributed by atoms with E-state index in [2.05, 4.69) is 0 Å². The lowest BCUT2D eigenvalue weighted by Crippen LogP contribution is -2.36. The summed E-state index contributed by atoms with van der Waals surface area (Å²) in [5, 5.41) is 9.02. The average molecular weight is 188 g/mol. The van der Waals surface area contributed by atoms with Crippen LogP contribution in [0.4, 0.5) is 0 Å². The Hall–Kier alpha value is -0.610. The van der Waals surface area contributed by atoms with Crippen LogP contribution in [0.2, 0.25) is 0 Å². The molecule has 1 atom stereocenters. The molecule has 0 aromatic heterocycles. The molecule has 0 heterocycles. The minimum atomic E-state index is -0.338. The Kier molecular flexibility index (Phi) is 5.66. The van der Waals surface area contributed by atoms with Crippen molar-refractivity contribution in [2.24, 2.45) is 0 Å². The van der Waals surface area contributed by atoms with Gasteiger partial charge in [-0.2, -0.15) is 0 Å². The van der Waals surface area contributed by atoms with Crippen LogP contribution in [-0.2, 0) is 4.79 Å². The van der Waals surface area contributed by atoms with E-state index in [1.165, 1.54) is 0 Å². The van der Waals surface area contributed by atoms with Crippen molar-refractivity contribution in [2.75, 3.05) is 34.2 Å². The highest BCUT2D eigenvalue weighted by molar-refractivity contribution is 5.77. The highest BCUT2D eigenvalue weighted by atomic mass is 16.3. The Morgan fingerprint density at radius 3 is 2.31 bits per heavy atom. The third-order valence-corrected chi connectivity index (χ3v) is 1.76. The summed E-state index contributed by atoms with van der Waals surface area (Å²) in [6, 6.07) is 0. The van der Waals surface area contributed by atoms with Gasteiger partial charge in [-0.1, -0.05) is 0 Å². The average Bonchev–Trinajstić information content (AvgIpc) is 1.98. The Bertz CT molecular complexity index is 158. The van der Waals surface area contributed by atoms with E-state index in [0.717, 1.165) is 0 Å². The Morgan fingerprint density at radius 1 is 1.38 bits per heavy atom. The van der Waals surface area contributed by atoms with Crippen LogP contribution in [0, 0.1) is 0 Å². The van der Waals surface area contributed by atoms with Crippen LogP contribution in [0.5, 0.6) is 0 Å². The van der Waals surface area contributed by atoms with Crippen LogP contribution in [0.1, 0.15) is 13.3 Å². The highest BCUT2D eigenvalue weighted by Crippen LogP contribution is 1.94. The summed E-state index contributed by atoms with van der Waals surface area (Å²) in [5.74, 6) is 0.0886. The molecule has 0 spiro atoms. The molecule has 0 aliphatic rings. The van der Waals surface area contributed by atoms with Gasteiger partial charge in [-0.15, -0.1) is 0 Å². The van der Waals surface area contributed by atoms with Gasteiger partial charge < -0.3 is 14.9 Å².